The van der Waals surface area contributed by atoms with Gasteiger partial charge in [0.25, 0.3) is 0 Å². The summed E-state index contributed by atoms with van der Waals surface area (Å²) in [5.74, 6) is -9.04. The van der Waals surface area contributed by atoms with Crippen LogP contribution in [-0.2, 0) is 12.5 Å². The molecule has 0 N–H and O–H groups in total. The molecule has 0 amide bonds. The second-order valence-corrected chi connectivity index (χ2v) is 8.47. The largest absolute Gasteiger partial charge is 0.573 e. The molecule has 0 aliphatic carbocycles. The molecule has 0 spiro atoms. The van der Waals surface area contributed by atoms with E-state index in [-0.39, 0.29) is 26.9 Å². The van der Waals surface area contributed by atoms with E-state index in [0.717, 1.165) is 6.07 Å². The lowest BCUT2D eigenvalue weighted by atomic mass is 10.0. The molecular weight excluding hydrogens is 511 g/mol. The predicted molar refractivity (Wildman–Crippen MR) is 111 cm³/mol. The Morgan fingerprint density at radius 1 is 0.771 bits per heavy atom. The van der Waals surface area contributed by atoms with Gasteiger partial charge >= 0.3 is 12.5 Å². The number of rotatable bonds is 6. The Morgan fingerprint density at radius 3 is 1.91 bits per heavy atom. The molecule has 186 valence electrons. The van der Waals surface area contributed by atoms with Crippen LogP contribution < -0.4 is 9.47 Å². The van der Waals surface area contributed by atoms with Crippen molar-refractivity contribution in [1.29, 1.82) is 0 Å². The smallest absolute Gasteiger partial charge is 0.429 e. The molecule has 35 heavy (non-hydrogen) atoms. The molecule has 0 unspecified atom stereocenters. The number of halogens is 9. The normalized spacial score (nSPS) is 12.5. The van der Waals surface area contributed by atoms with Crippen LogP contribution >= 0.6 is 11.3 Å². The maximum Gasteiger partial charge on any atom is 0.573 e. The average Bonchev–Trinajstić information content (AvgIpc) is 3.12. The number of alkyl halides is 5. The fourth-order valence-corrected chi connectivity index (χ4v) is 4.78. The van der Waals surface area contributed by atoms with Gasteiger partial charge in [-0.25, -0.2) is 17.6 Å². The first-order chi connectivity index (χ1) is 16.3. The standard InChI is InChI=1S/C23H13F9O2S/c1-2-3-10-4-5-12-13-6-7-14(18(27)21(13)35-20(12)17(10)26)22(28,29)33-11-8-15(24)19(16(25)9-11)34-23(30,31)32/h4-9H,2-3H2,1H3. The van der Waals surface area contributed by atoms with E-state index >= 15 is 4.39 Å². The van der Waals surface area contributed by atoms with Crippen molar-refractivity contribution < 1.29 is 49.0 Å². The fraction of sp³-hybridized carbons (Fsp3) is 0.217. The molecule has 0 aliphatic rings. The van der Waals surface area contributed by atoms with Gasteiger partial charge in [-0.2, -0.15) is 8.78 Å². The van der Waals surface area contributed by atoms with E-state index in [9.17, 15) is 35.1 Å². The molecule has 0 fully saturated rings. The van der Waals surface area contributed by atoms with Gasteiger partial charge in [0.05, 0.1) is 9.40 Å². The van der Waals surface area contributed by atoms with Crippen molar-refractivity contribution >= 4 is 31.5 Å². The average molecular weight is 524 g/mol. The topological polar surface area (TPSA) is 18.5 Å². The Kier molecular flexibility index (Phi) is 6.28. The van der Waals surface area contributed by atoms with Crippen molar-refractivity contribution in [2.45, 2.75) is 32.2 Å². The quantitative estimate of drug-likeness (QED) is 0.235. The molecule has 1 aromatic heterocycles. The maximum absolute atomic E-state index is 15.1. The Balaban J connectivity index is 1.73. The van der Waals surface area contributed by atoms with E-state index in [2.05, 4.69) is 9.47 Å². The second-order valence-electron chi connectivity index (χ2n) is 7.45. The third-order valence-corrected chi connectivity index (χ3v) is 6.24. The molecule has 0 atom stereocenters. The van der Waals surface area contributed by atoms with Gasteiger partial charge in [-0.3, -0.25) is 0 Å². The number of ether oxygens (including phenoxy) is 2. The second kappa shape index (κ2) is 8.81. The highest BCUT2D eigenvalue weighted by molar-refractivity contribution is 7.25. The summed E-state index contributed by atoms with van der Waals surface area (Å²) in [6.07, 6.45) is -8.85. The lowest BCUT2D eigenvalue weighted by Crippen LogP contribution is -2.24. The Bertz CT molecular complexity index is 1400. The van der Waals surface area contributed by atoms with Crippen molar-refractivity contribution in [3.05, 3.63) is 70.8 Å². The highest BCUT2D eigenvalue weighted by Gasteiger charge is 2.40. The molecule has 1 heterocycles. The Morgan fingerprint density at radius 2 is 1.34 bits per heavy atom. The van der Waals surface area contributed by atoms with Crippen molar-refractivity contribution in [3.63, 3.8) is 0 Å². The summed E-state index contributed by atoms with van der Waals surface area (Å²) in [7, 11) is 0. The predicted octanol–water partition coefficient (Wildman–Crippen LogP) is 8.59. The first-order valence-corrected chi connectivity index (χ1v) is 10.8. The summed E-state index contributed by atoms with van der Waals surface area (Å²) in [5.41, 5.74) is -0.926. The van der Waals surface area contributed by atoms with E-state index in [1.807, 2.05) is 6.92 Å². The van der Waals surface area contributed by atoms with E-state index in [0.29, 0.717) is 41.2 Å². The van der Waals surface area contributed by atoms with E-state index in [1.165, 1.54) is 6.07 Å². The van der Waals surface area contributed by atoms with Crippen molar-refractivity contribution in [2.24, 2.45) is 0 Å². The maximum atomic E-state index is 15.1. The number of aryl methyl sites for hydroxylation is 1. The van der Waals surface area contributed by atoms with Gasteiger partial charge in [0.2, 0.25) is 5.75 Å². The molecule has 2 nitrogen and oxygen atoms in total. The Hall–Kier alpha value is -3.15. The minimum atomic E-state index is -5.44. The fourth-order valence-electron chi connectivity index (χ4n) is 3.58. The third kappa shape index (κ3) is 4.71. The van der Waals surface area contributed by atoms with E-state index < -0.39 is 52.8 Å². The van der Waals surface area contributed by atoms with Crippen LogP contribution in [0.1, 0.15) is 24.5 Å². The molecule has 0 radical (unpaired) electrons. The zero-order chi connectivity index (χ0) is 25.7. The summed E-state index contributed by atoms with van der Waals surface area (Å²) < 4.78 is 131. The van der Waals surface area contributed by atoms with Crippen molar-refractivity contribution in [2.75, 3.05) is 0 Å². The van der Waals surface area contributed by atoms with Crippen LogP contribution in [0.15, 0.2) is 36.4 Å². The molecule has 12 heteroatoms. The van der Waals surface area contributed by atoms with Crippen LogP contribution in [0.4, 0.5) is 39.5 Å². The lowest BCUT2D eigenvalue weighted by Gasteiger charge is -2.20. The van der Waals surface area contributed by atoms with Gasteiger partial charge in [-0.1, -0.05) is 31.5 Å². The van der Waals surface area contributed by atoms with Gasteiger partial charge < -0.3 is 9.47 Å². The third-order valence-electron chi connectivity index (χ3n) is 5.04. The molecule has 0 bridgehead atoms. The van der Waals surface area contributed by atoms with Gasteiger partial charge in [0, 0.05) is 22.9 Å². The number of thiophene rings is 1. The van der Waals surface area contributed by atoms with Crippen LogP contribution in [-0.4, -0.2) is 6.36 Å². The zero-order valence-corrected chi connectivity index (χ0v) is 18.3. The van der Waals surface area contributed by atoms with Crippen LogP contribution in [0.2, 0.25) is 0 Å². The first-order valence-electron chi connectivity index (χ1n) is 9.96. The highest BCUT2D eigenvalue weighted by atomic mass is 32.1. The van der Waals surface area contributed by atoms with Crippen LogP contribution in [0, 0.1) is 23.3 Å². The minimum Gasteiger partial charge on any atom is -0.429 e. The van der Waals surface area contributed by atoms with Crippen LogP contribution in [0.5, 0.6) is 11.5 Å². The molecule has 0 aliphatic heterocycles. The summed E-state index contributed by atoms with van der Waals surface area (Å²) in [6, 6.07) is 4.98. The number of fused-ring (bicyclic) bond motifs is 3. The molecule has 0 saturated heterocycles. The highest BCUT2D eigenvalue weighted by Crippen LogP contribution is 2.43. The van der Waals surface area contributed by atoms with Gasteiger partial charge in [-0.15, -0.1) is 24.5 Å². The number of hydrogen-bond donors (Lipinski definition) is 0. The van der Waals surface area contributed by atoms with Gasteiger partial charge in [0.1, 0.15) is 17.1 Å². The van der Waals surface area contributed by atoms with Crippen molar-refractivity contribution in [1.82, 2.24) is 0 Å². The Labute approximate surface area is 195 Å². The van der Waals surface area contributed by atoms with E-state index in [1.54, 1.807) is 6.07 Å². The monoisotopic (exact) mass is 524 g/mol. The van der Waals surface area contributed by atoms with Crippen LogP contribution in [0.25, 0.3) is 20.2 Å². The SMILES string of the molecule is CCCc1ccc2c(sc3c(F)c(C(F)(F)Oc4cc(F)c(OC(F)(F)F)c(F)c4)ccc32)c1F. The van der Waals surface area contributed by atoms with Crippen molar-refractivity contribution in [3.8, 4) is 11.5 Å². The molecule has 0 saturated carbocycles. The zero-order valence-electron chi connectivity index (χ0n) is 17.5. The van der Waals surface area contributed by atoms with Gasteiger partial charge in [0.15, 0.2) is 17.5 Å². The summed E-state index contributed by atoms with van der Waals surface area (Å²) in [5, 5.41) is 0.496. The number of benzene rings is 3. The van der Waals surface area contributed by atoms with E-state index in [4.69, 9.17) is 0 Å². The minimum absolute atomic E-state index is 0.0403. The summed E-state index contributed by atoms with van der Waals surface area (Å²) in [6.45, 7) is 1.84. The molecule has 4 rings (SSSR count). The number of hydrogen-bond acceptors (Lipinski definition) is 3. The summed E-state index contributed by atoms with van der Waals surface area (Å²) >= 11 is 0.622. The summed E-state index contributed by atoms with van der Waals surface area (Å²) in [4.78, 5) is 0. The molecule has 4 aromatic rings. The molecule has 3 aromatic carbocycles. The lowest BCUT2D eigenvalue weighted by molar-refractivity contribution is -0.276. The first kappa shape index (κ1) is 25.0. The van der Waals surface area contributed by atoms with Gasteiger partial charge in [-0.05, 0) is 18.1 Å². The van der Waals surface area contributed by atoms with Crippen LogP contribution in [0.3, 0.4) is 0 Å². The molecular formula is C23H13F9O2S.